The Morgan fingerprint density at radius 3 is 2.67 bits per heavy atom. The molecule has 0 unspecified atom stereocenters. The van der Waals surface area contributed by atoms with E-state index in [-0.39, 0.29) is 0 Å². The third-order valence-corrected chi connectivity index (χ3v) is 3.50. The van der Waals surface area contributed by atoms with Crippen molar-refractivity contribution in [3.8, 4) is 0 Å². The summed E-state index contributed by atoms with van der Waals surface area (Å²) in [6.07, 6.45) is 3.52. The molecule has 2 aromatic rings. The second-order valence-electron chi connectivity index (χ2n) is 4.61. The van der Waals surface area contributed by atoms with Crippen LogP contribution >= 0.6 is 11.6 Å². The highest BCUT2D eigenvalue weighted by molar-refractivity contribution is 7.92. The summed E-state index contributed by atoms with van der Waals surface area (Å²) in [6, 6.07) is 11.1. The van der Waals surface area contributed by atoms with Crippen LogP contribution in [0.3, 0.4) is 0 Å². The van der Waals surface area contributed by atoms with Gasteiger partial charge in [-0.1, -0.05) is 23.7 Å². The number of nitrogens with one attached hydrogen (secondary N) is 2. The standard InChI is InChI=1S/C14H16ClN3O2S/c1-21(19,20)18-14-6-5-13(10-17-14)16-8-7-11-3-2-4-12(15)9-11/h2-6,9-10,16H,7-8H2,1H3,(H,17,18). The van der Waals surface area contributed by atoms with Crippen LogP contribution in [0.4, 0.5) is 11.5 Å². The van der Waals surface area contributed by atoms with Crippen molar-refractivity contribution < 1.29 is 8.42 Å². The van der Waals surface area contributed by atoms with E-state index in [1.165, 1.54) is 0 Å². The average molecular weight is 326 g/mol. The molecule has 0 radical (unpaired) electrons. The van der Waals surface area contributed by atoms with Crippen molar-refractivity contribution in [3.63, 3.8) is 0 Å². The van der Waals surface area contributed by atoms with Gasteiger partial charge in [0.2, 0.25) is 10.0 Å². The fraction of sp³-hybridized carbons (Fsp3) is 0.214. The third-order valence-electron chi connectivity index (χ3n) is 2.69. The summed E-state index contributed by atoms with van der Waals surface area (Å²) in [5.41, 5.74) is 1.98. The molecule has 1 heterocycles. The molecule has 112 valence electrons. The van der Waals surface area contributed by atoms with Gasteiger partial charge in [-0.2, -0.15) is 0 Å². The lowest BCUT2D eigenvalue weighted by Crippen LogP contribution is -2.11. The first-order valence-electron chi connectivity index (χ1n) is 6.34. The molecule has 5 nitrogen and oxygen atoms in total. The summed E-state index contributed by atoms with van der Waals surface area (Å²) < 4.78 is 24.4. The smallest absolute Gasteiger partial charge is 0.230 e. The quantitative estimate of drug-likeness (QED) is 0.856. The number of pyridine rings is 1. The molecule has 2 N–H and O–H groups in total. The van der Waals surface area contributed by atoms with Gasteiger partial charge in [0.25, 0.3) is 0 Å². The van der Waals surface area contributed by atoms with Crippen molar-refractivity contribution in [1.29, 1.82) is 0 Å². The summed E-state index contributed by atoms with van der Waals surface area (Å²) >= 11 is 5.92. The molecule has 0 spiro atoms. The Labute approximate surface area is 129 Å². The average Bonchev–Trinajstić information content (AvgIpc) is 2.39. The summed E-state index contributed by atoms with van der Waals surface area (Å²) in [5, 5.41) is 3.95. The van der Waals surface area contributed by atoms with Crippen LogP contribution in [-0.4, -0.2) is 26.2 Å². The number of anilines is 2. The summed E-state index contributed by atoms with van der Waals surface area (Å²) in [7, 11) is -3.29. The van der Waals surface area contributed by atoms with E-state index in [0.29, 0.717) is 5.82 Å². The molecule has 2 rings (SSSR count). The molecule has 0 amide bonds. The number of benzene rings is 1. The Hall–Kier alpha value is -1.79. The maximum atomic E-state index is 11.1. The zero-order valence-corrected chi connectivity index (χ0v) is 13.1. The first-order chi connectivity index (χ1) is 9.92. The minimum absolute atomic E-state index is 0.304. The van der Waals surface area contributed by atoms with E-state index in [0.717, 1.165) is 35.5 Å². The van der Waals surface area contributed by atoms with Crippen LogP contribution in [0, 0.1) is 0 Å². The SMILES string of the molecule is CS(=O)(=O)Nc1ccc(NCCc2cccc(Cl)c2)cn1. The van der Waals surface area contributed by atoms with Crippen LogP contribution in [0.25, 0.3) is 0 Å². The van der Waals surface area contributed by atoms with Gasteiger partial charge in [0.1, 0.15) is 5.82 Å². The maximum Gasteiger partial charge on any atom is 0.230 e. The van der Waals surface area contributed by atoms with Crippen LogP contribution < -0.4 is 10.0 Å². The predicted molar refractivity (Wildman–Crippen MR) is 86.3 cm³/mol. The minimum Gasteiger partial charge on any atom is -0.383 e. The number of sulfonamides is 1. The largest absolute Gasteiger partial charge is 0.383 e. The van der Waals surface area contributed by atoms with E-state index >= 15 is 0 Å². The van der Waals surface area contributed by atoms with Gasteiger partial charge in [-0.3, -0.25) is 4.72 Å². The Morgan fingerprint density at radius 2 is 2.05 bits per heavy atom. The lowest BCUT2D eigenvalue weighted by atomic mass is 10.1. The third kappa shape index (κ3) is 5.61. The van der Waals surface area contributed by atoms with Crippen molar-refractivity contribution in [1.82, 2.24) is 4.98 Å². The van der Waals surface area contributed by atoms with E-state index in [1.807, 2.05) is 24.3 Å². The molecule has 1 aromatic carbocycles. The second kappa shape index (κ2) is 6.78. The van der Waals surface area contributed by atoms with Crippen molar-refractivity contribution in [2.75, 3.05) is 22.8 Å². The Kier molecular flexibility index (Phi) is 5.03. The Bertz CT molecular complexity index is 702. The number of aromatic nitrogens is 1. The highest BCUT2D eigenvalue weighted by atomic mass is 35.5. The van der Waals surface area contributed by atoms with E-state index in [9.17, 15) is 8.42 Å². The van der Waals surface area contributed by atoms with Crippen molar-refractivity contribution in [2.45, 2.75) is 6.42 Å². The molecule has 0 aliphatic heterocycles. The van der Waals surface area contributed by atoms with Gasteiger partial charge in [0, 0.05) is 11.6 Å². The number of hydrogen-bond acceptors (Lipinski definition) is 4. The zero-order chi connectivity index (χ0) is 15.3. The van der Waals surface area contributed by atoms with Crippen LogP contribution in [-0.2, 0) is 16.4 Å². The monoisotopic (exact) mass is 325 g/mol. The molecule has 0 saturated carbocycles. The van der Waals surface area contributed by atoms with Crippen molar-refractivity contribution >= 4 is 33.1 Å². The van der Waals surface area contributed by atoms with Crippen molar-refractivity contribution in [3.05, 3.63) is 53.2 Å². The van der Waals surface area contributed by atoms with E-state index < -0.39 is 10.0 Å². The Balaban J connectivity index is 1.86. The summed E-state index contributed by atoms with van der Waals surface area (Å²) in [5.74, 6) is 0.304. The van der Waals surface area contributed by atoms with E-state index in [2.05, 4.69) is 15.0 Å². The van der Waals surface area contributed by atoms with Crippen molar-refractivity contribution in [2.24, 2.45) is 0 Å². The predicted octanol–water partition coefficient (Wildman–Crippen LogP) is 2.76. The molecule has 0 fully saturated rings. The molecule has 0 bridgehead atoms. The molecule has 0 aliphatic rings. The van der Waals surface area contributed by atoms with Gasteiger partial charge in [0.05, 0.1) is 18.1 Å². The maximum absolute atomic E-state index is 11.1. The zero-order valence-electron chi connectivity index (χ0n) is 11.5. The number of nitrogens with zero attached hydrogens (tertiary/aromatic N) is 1. The first-order valence-corrected chi connectivity index (χ1v) is 8.61. The van der Waals surface area contributed by atoms with Crippen LogP contribution in [0.5, 0.6) is 0 Å². The fourth-order valence-electron chi connectivity index (χ4n) is 1.79. The lowest BCUT2D eigenvalue weighted by Gasteiger charge is -2.08. The molecular formula is C14H16ClN3O2S. The van der Waals surface area contributed by atoms with E-state index in [1.54, 1.807) is 18.3 Å². The molecule has 7 heteroatoms. The van der Waals surface area contributed by atoms with Gasteiger partial charge in [0.15, 0.2) is 0 Å². The molecule has 0 atom stereocenters. The molecule has 0 aliphatic carbocycles. The van der Waals surface area contributed by atoms with Crippen LogP contribution in [0.15, 0.2) is 42.6 Å². The highest BCUT2D eigenvalue weighted by Crippen LogP contribution is 2.13. The second-order valence-corrected chi connectivity index (χ2v) is 6.80. The molecular weight excluding hydrogens is 310 g/mol. The number of rotatable bonds is 6. The number of halogens is 1. The van der Waals surface area contributed by atoms with Crippen LogP contribution in [0.2, 0.25) is 5.02 Å². The normalized spacial score (nSPS) is 11.1. The van der Waals surface area contributed by atoms with Gasteiger partial charge in [-0.25, -0.2) is 13.4 Å². The molecule has 1 aromatic heterocycles. The summed E-state index contributed by atoms with van der Waals surface area (Å²) in [4.78, 5) is 4.03. The molecule has 21 heavy (non-hydrogen) atoms. The van der Waals surface area contributed by atoms with Crippen LogP contribution in [0.1, 0.15) is 5.56 Å². The first kappa shape index (κ1) is 15.6. The highest BCUT2D eigenvalue weighted by Gasteiger charge is 2.02. The fourth-order valence-corrected chi connectivity index (χ4v) is 2.51. The minimum atomic E-state index is -3.29. The lowest BCUT2D eigenvalue weighted by molar-refractivity contribution is 0.606. The van der Waals surface area contributed by atoms with E-state index in [4.69, 9.17) is 11.6 Å². The van der Waals surface area contributed by atoms with Gasteiger partial charge in [-0.15, -0.1) is 0 Å². The Morgan fingerprint density at radius 1 is 1.24 bits per heavy atom. The van der Waals surface area contributed by atoms with Gasteiger partial charge < -0.3 is 5.32 Å². The summed E-state index contributed by atoms with van der Waals surface area (Å²) in [6.45, 7) is 0.737. The molecule has 0 saturated heterocycles. The topological polar surface area (TPSA) is 71.1 Å². The van der Waals surface area contributed by atoms with Gasteiger partial charge >= 0.3 is 0 Å². The number of hydrogen-bond donors (Lipinski definition) is 2. The van der Waals surface area contributed by atoms with Gasteiger partial charge in [-0.05, 0) is 36.2 Å².